The van der Waals surface area contributed by atoms with E-state index < -0.39 is 15.1 Å². The molecule has 0 saturated carbocycles. The summed E-state index contributed by atoms with van der Waals surface area (Å²) >= 11 is 0.891. The second kappa shape index (κ2) is 3.06. The fourth-order valence-electron chi connectivity index (χ4n) is 0.696. The Kier molecular flexibility index (Phi) is 2.44. The summed E-state index contributed by atoms with van der Waals surface area (Å²) in [5.74, 6) is 0. The Balaban J connectivity index is 3.15. The highest BCUT2D eigenvalue weighted by Gasteiger charge is 2.20. The molecule has 0 radical (unpaired) electrons. The number of thiophene rings is 1. The second-order valence-electron chi connectivity index (χ2n) is 2.69. The standard InChI is InChI=1S/C7H10O3S2/c1-5(2)12(9,10)7-4-3-6(8)11-7/h3-5,8H,1-2H3. The van der Waals surface area contributed by atoms with Gasteiger partial charge in [0.2, 0.25) is 0 Å². The van der Waals surface area contributed by atoms with Gasteiger partial charge >= 0.3 is 0 Å². The van der Waals surface area contributed by atoms with E-state index in [0.29, 0.717) is 0 Å². The van der Waals surface area contributed by atoms with Crippen LogP contribution in [0.4, 0.5) is 0 Å². The lowest BCUT2D eigenvalue weighted by Crippen LogP contribution is -2.12. The van der Waals surface area contributed by atoms with E-state index in [1.807, 2.05) is 0 Å². The van der Waals surface area contributed by atoms with E-state index in [0.717, 1.165) is 11.3 Å². The Labute approximate surface area is 75.6 Å². The van der Waals surface area contributed by atoms with Gasteiger partial charge in [-0.1, -0.05) is 11.3 Å². The van der Waals surface area contributed by atoms with Crippen LogP contribution in [0.1, 0.15) is 13.8 Å². The molecule has 0 atom stereocenters. The molecule has 1 N–H and O–H groups in total. The van der Waals surface area contributed by atoms with Gasteiger partial charge in [0.15, 0.2) is 14.9 Å². The van der Waals surface area contributed by atoms with E-state index in [4.69, 9.17) is 5.11 Å². The molecular weight excluding hydrogens is 196 g/mol. The summed E-state index contributed by atoms with van der Waals surface area (Å²) in [5, 5.41) is 8.55. The normalized spacial score (nSPS) is 12.2. The SMILES string of the molecule is CC(C)S(=O)(=O)c1ccc(O)s1. The van der Waals surface area contributed by atoms with Crippen molar-refractivity contribution in [2.75, 3.05) is 0 Å². The van der Waals surface area contributed by atoms with E-state index in [-0.39, 0.29) is 9.27 Å². The van der Waals surface area contributed by atoms with Crippen molar-refractivity contribution in [3.8, 4) is 5.06 Å². The van der Waals surface area contributed by atoms with Crippen LogP contribution >= 0.6 is 11.3 Å². The Bertz CT molecular complexity index is 362. The lowest BCUT2D eigenvalue weighted by Gasteiger charge is -2.03. The van der Waals surface area contributed by atoms with Crippen molar-refractivity contribution in [1.29, 1.82) is 0 Å². The van der Waals surface area contributed by atoms with E-state index in [2.05, 4.69) is 0 Å². The topological polar surface area (TPSA) is 54.4 Å². The molecule has 12 heavy (non-hydrogen) atoms. The summed E-state index contributed by atoms with van der Waals surface area (Å²) in [6.45, 7) is 3.23. The minimum absolute atomic E-state index is 0.0363. The highest BCUT2D eigenvalue weighted by atomic mass is 32.2. The lowest BCUT2D eigenvalue weighted by molar-refractivity contribution is 0.491. The first kappa shape index (κ1) is 9.54. The summed E-state index contributed by atoms with van der Waals surface area (Å²) in [4.78, 5) is 0. The van der Waals surface area contributed by atoms with E-state index in [1.54, 1.807) is 13.8 Å². The van der Waals surface area contributed by atoms with E-state index in [9.17, 15) is 8.42 Å². The molecule has 1 aromatic rings. The molecule has 1 aromatic heterocycles. The van der Waals surface area contributed by atoms with Crippen molar-refractivity contribution >= 4 is 21.2 Å². The van der Waals surface area contributed by atoms with Crippen LogP contribution in [0.5, 0.6) is 5.06 Å². The second-order valence-corrected chi connectivity index (χ2v) is 6.48. The molecule has 1 heterocycles. The molecule has 0 bridgehead atoms. The molecule has 68 valence electrons. The maximum Gasteiger partial charge on any atom is 0.190 e. The van der Waals surface area contributed by atoms with Crippen LogP contribution in [0.25, 0.3) is 0 Å². The van der Waals surface area contributed by atoms with Gasteiger partial charge in [0, 0.05) is 0 Å². The summed E-state index contributed by atoms with van der Waals surface area (Å²) in [7, 11) is -3.20. The quantitative estimate of drug-likeness (QED) is 0.800. The summed E-state index contributed by atoms with van der Waals surface area (Å²) in [6.07, 6.45) is 0. The zero-order valence-corrected chi connectivity index (χ0v) is 8.45. The van der Waals surface area contributed by atoms with Gasteiger partial charge in [-0.15, -0.1) is 0 Å². The smallest absolute Gasteiger partial charge is 0.190 e. The summed E-state index contributed by atoms with van der Waals surface area (Å²) in [6, 6.07) is 2.81. The highest BCUT2D eigenvalue weighted by Crippen LogP contribution is 2.28. The molecule has 1 rings (SSSR count). The fourth-order valence-corrected chi connectivity index (χ4v) is 3.19. The molecule has 0 fully saturated rings. The van der Waals surface area contributed by atoms with Crippen LogP contribution in [-0.2, 0) is 9.84 Å². The predicted octanol–water partition coefficient (Wildman–Crippen LogP) is 1.64. The fraction of sp³-hybridized carbons (Fsp3) is 0.429. The molecule has 0 amide bonds. The highest BCUT2D eigenvalue weighted by molar-refractivity contribution is 7.94. The van der Waals surface area contributed by atoms with Crippen LogP contribution in [-0.4, -0.2) is 18.8 Å². The Morgan fingerprint density at radius 2 is 2.00 bits per heavy atom. The van der Waals surface area contributed by atoms with E-state index >= 15 is 0 Å². The summed E-state index contributed by atoms with van der Waals surface area (Å²) in [5.41, 5.74) is 0. The van der Waals surface area contributed by atoms with Crippen LogP contribution in [0, 0.1) is 0 Å². The monoisotopic (exact) mass is 206 g/mol. The number of sulfone groups is 1. The van der Waals surface area contributed by atoms with Crippen LogP contribution < -0.4 is 0 Å². The maximum absolute atomic E-state index is 11.4. The molecule has 3 nitrogen and oxygen atoms in total. The Morgan fingerprint density at radius 3 is 2.33 bits per heavy atom. The van der Waals surface area contributed by atoms with Crippen molar-refractivity contribution in [3.05, 3.63) is 12.1 Å². The van der Waals surface area contributed by atoms with Gasteiger partial charge in [-0.3, -0.25) is 0 Å². The van der Waals surface area contributed by atoms with Gasteiger partial charge in [0.25, 0.3) is 0 Å². The number of hydrogen-bond acceptors (Lipinski definition) is 4. The summed E-state index contributed by atoms with van der Waals surface area (Å²) < 4.78 is 23.1. The predicted molar refractivity (Wildman–Crippen MR) is 48.3 cm³/mol. The average molecular weight is 206 g/mol. The Morgan fingerprint density at radius 1 is 1.42 bits per heavy atom. The molecule has 0 spiro atoms. The third-order valence-electron chi connectivity index (χ3n) is 1.47. The molecule has 0 aromatic carbocycles. The van der Waals surface area contributed by atoms with Crippen molar-refractivity contribution in [3.63, 3.8) is 0 Å². The molecule has 0 aliphatic rings. The Hall–Kier alpha value is -0.550. The third-order valence-corrected chi connectivity index (χ3v) is 5.04. The minimum Gasteiger partial charge on any atom is -0.499 e. The van der Waals surface area contributed by atoms with Gasteiger partial charge in [-0.2, -0.15) is 0 Å². The zero-order chi connectivity index (χ0) is 9.35. The van der Waals surface area contributed by atoms with Crippen LogP contribution in [0.3, 0.4) is 0 Å². The van der Waals surface area contributed by atoms with Crippen molar-refractivity contribution in [2.45, 2.75) is 23.3 Å². The largest absolute Gasteiger partial charge is 0.499 e. The molecule has 0 aliphatic carbocycles. The number of hydrogen-bond donors (Lipinski definition) is 1. The van der Waals surface area contributed by atoms with Crippen molar-refractivity contribution in [2.24, 2.45) is 0 Å². The molecule has 5 heteroatoms. The molecule has 0 unspecified atom stereocenters. The molecule has 0 saturated heterocycles. The van der Waals surface area contributed by atoms with Gasteiger partial charge < -0.3 is 5.11 Å². The van der Waals surface area contributed by atoms with Crippen molar-refractivity contribution in [1.82, 2.24) is 0 Å². The maximum atomic E-state index is 11.4. The third kappa shape index (κ3) is 1.61. The number of aromatic hydroxyl groups is 1. The van der Waals surface area contributed by atoms with Gasteiger partial charge in [-0.25, -0.2) is 8.42 Å². The van der Waals surface area contributed by atoms with Crippen LogP contribution in [0.2, 0.25) is 0 Å². The zero-order valence-electron chi connectivity index (χ0n) is 6.81. The molecular formula is C7H10O3S2. The minimum atomic E-state index is -3.20. The first-order valence-corrected chi connectivity index (χ1v) is 5.83. The van der Waals surface area contributed by atoms with E-state index in [1.165, 1.54) is 12.1 Å². The van der Waals surface area contributed by atoms with Gasteiger partial charge in [0.1, 0.15) is 4.21 Å². The lowest BCUT2D eigenvalue weighted by atomic mass is 10.6. The van der Waals surface area contributed by atoms with Gasteiger partial charge in [-0.05, 0) is 26.0 Å². The molecule has 0 aliphatic heterocycles. The first-order valence-electron chi connectivity index (χ1n) is 3.47. The van der Waals surface area contributed by atoms with Crippen LogP contribution in [0.15, 0.2) is 16.3 Å². The van der Waals surface area contributed by atoms with Crippen molar-refractivity contribution < 1.29 is 13.5 Å². The number of rotatable bonds is 2. The average Bonchev–Trinajstić information content (AvgIpc) is 2.35. The van der Waals surface area contributed by atoms with Gasteiger partial charge in [0.05, 0.1) is 5.25 Å². The first-order chi connectivity index (χ1) is 5.44.